The molecule has 2 aromatic carbocycles. The van der Waals surface area contributed by atoms with Crippen LogP contribution in [-0.4, -0.2) is 14.2 Å². The van der Waals surface area contributed by atoms with Gasteiger partial charge in [0.1, 0.15) is 0 Å². The highest BCUT2D eigenvalue weighted by Gasteiger charge is 2.53. The Labute approximate surface area is 149 Å². The summed E-state index contributed by atoms with van der Waals surface area (Å²) in [5, 5.41) is 0.365. The summed E-state index contributed by atoms with van der Waals surface area (Å²) >= 11 is 1.94. The summed E-state index contributed by atoms with van der Waals surface area (Å²) in [4.78, 5) is 1.30. The molecule has 1 aliphatic carbocycles. The van der Waals surface area contributed by atoms with Gasteiger partial charge in [-0.1, -0.05) is 45.9 Å². The fourth-order valence-electron chi connectivity index (χ4n) is 3.56. The maximum absolute atomic E-state index is 5.56. The summed E-state index contributed by atoms with van der Waals surface area (Å²) in [7, 11) is 3.41. The summed E-state index contributed by atoms with van der Waals surface area (Å²) < 4.78 is 11.1. The fraction of sp³-hybridized carbons (Fsp3) is 0.429. The zero-order chi connectivity index (χ0) is 17.5. The number of thioether (sulfide) groups is 1. The average molecular weight is 343 g/mol. The van der Waals surface area contributed by atoms with Crippen LogP contribution >= 0.6 is 11.8 Å². The van der Waals surface area contributed by atoms with E-state index < -0.39 is 0 Å². The van der Waals surface area contributed by atoms with E-state index in [4.69, 9.17) is 9.47 Å². The first-order chi connectivity index (χ1) is 11.3. The highest BCUT2D eigenvalue weighted by Crippen LogP contribution is 2.64. The van der Waals surface area contributed by atoms with E-state index in [9.17, 15) is 0 Å². The molecule has 0 aliphatic heterocycles. The van der Waals surface area contributed by atoms with E-state index >= 15 is 0 Å². The lowest BCUT2D eigenvalue weighted by atomic mass is 9.68. The van der Waals surface area contributed by atoms with Crippen molar-refractivity contribution in [3.8, 4) is 11.5 Å². The molecule has 0 amide bonds. The number of benzene rings is 2. The molecule has 0 unspecified atom stereocenters. The molecule has 0 radical (unpaired) electrons. The highest BCUT2D eigenvalue weighted by molar-refractivity contribution is 7.99. The van der Waals surface area contributed by atoms with Crippen molar-refractivity contribution in [3.05, 3.63) is 53.6 Å². The molecule has 128 valence electrons. The number of methoxy groups -OCH3 is 2. The van der Waals surface area contributed by atoms with Crippen molar-refractivity contribution >= 4 is 11.8 Å². The fourth-order valence-corrected chi connectivity index (χ4v) is 5.06. The molecule has 3 heteroatoms. The molecular weight excluding hydrogens is 316 g/mol. The Morgan fingerprint density at radius 1 is 0.875 bits per heavy atom. The monoisotopic (exact) mass is 342 g/mol. The van der Waals surface area contributed by atoms with E-state index in [-0.39, 0.29) is 10.8 Å². The normalized spacial score (nSPS) is 20.5. The second-order valence-electron chi connectivity index (χ2n) is 7.45. The Kier molecular flexibility index (Phi) is 4.33. The summed E-state index contributed by atoms with van der Waals surface area (Å²) in [6, 6.07) is 15.0. The molecule has 1 atom stereocenters. The molecule has 0 aromatic heterocycles. The molecule has 24 heavy (non-hydrogen) atoms. The van der Waals surface area contributed by atoms with Crippen LogP contribution in [0.15, 0.2) is 47.4 Å². The van der Waals surface area contributed by atoms with Gasteiger partial charge in [-0.25, -0.2) is 0 Å². The zero-order valence-corrected chi connectivity index (χ0v) is 16.2. The topological polar surface area (TPSA) is 18.5 Å². The molecule has 0 saturated carbocycles. The van der Waals surface area contributed by atoms with Crippen LogP contribution in [0.4, 0.5) is 0 Å². The van der Waals surface area contributed by atoms with E-state index in [1.54, 1.807) is 14.2 Å². The van der Waals surface area contributed by atoms with Gasteiger partial charge in [-0.3, -0.25) is 0 Å². The quantitative estimate of drug-likeness (QED) is 0.694. The standard InChI is InChI=1S/C21H26O2S/c1-20(2)16-13-18(23-6)17(22-5)12-15(16)19(21(20,3)4)24-14-10-8-7-9-11-14/h7-13,19H,1-6H3/t19-/m0/s1. The van der Waals surface area contributed by atoms with Gasteiger partial charge in [0.25, 0.3) is 0 Å². The molecule has 2 aromatic rings. The number of rotatable bonds is 4. The smallest absolute Gasteiger partial charge is 0.161 e. The number of hydrogen-bond donors (Lipinski definition) is 0. The van der Waals surface area contributed by atoms with E-state index in [0.717, 1.165) is 11.5 Å². The van der Waals surface area contributed by atoms with Crippen molar-refractivity contribution in [1.82, 2.24) is 0 Å². The number of fused-ring (bicyclic) bond motifs is 1. The third-order valence-electron chi connectivity index (χ3n) is 5.77. The molecule has 0 heterocycles. The second-order valence-corrected chi connectivity index (χ2v) is 8.63. The van der Waals surface area contributed by atoms with E-state index in [1.165, 1.54) is 16.0 Å². The minimum absolute atomic E-state index is 0.0499. The molecule has 1 aliphatic rings. The van der Waals surface area contributed by atoms with E-state index in [1.807, 2.05) is 11.8 Å². The Balaban J connectivity index is 2.14. The summed E-state index contributed by atoms with van der Waals surface area (Å²) in [5.74, 6) is 1.62. The predicted molar refractivity (Wildman–Crippen MR) is 101 cm³/mol. The average Bonchev–Trinajstić information content (AvgIpc) is 2.72. The van der Waals surface area contributed by atoms with Crippen molar-refractivity contribution in [2.24, 2.45) is 5.41 Å². The maximum atomic E-state index is 5.56. The van der Waals surface area contributed by atoms with E-state index in [2.05, 4.69) is 70.2 Å². The second kappa shape index (κ2) is 6.03. The predicted octanol–water partition coefficient (Wildman–Crippen LogP) is 5.85. The number of hydrogen-bond acceptors (Lipinski definition) is 3. The van der Waals surface area contributed by atoms with Gasteiger partial charge in [-0.15, -0.1) is 11.8 Å². The Morgan fingerprint density at radius 3 is 2.04 bits per heavy atom. The van der Waals surface area contributed by atoms with Crippen molar-refractivity contribution in [2.45, 2.75) is 43.3 Å². The Bertz CT molecular complexity index is 735. The third kappa shape index (κ3) is 2.50. The Hall–Kier alpha value is -1.61. The summed E-state index contributed by atoms with van der Waals surface area (Å²) in [6.07, 6.45) is 0. The lowest BCUT2D eigenvalue weighted by Crippen LogP contribution is -2.33. The molecule has 0 bridgehead atoms. The van der Waals surface area contributed by atoms with Crippen LogP contribution in [0.5, 0.6) is 11.5 Å². The summed E-state index contributed by atoms with van der Waals surface area (Å²) in [6.45, 7) is 9.41. The molecule has 0 fully saturated rings. The minimum atomic E-state index is 0.0499. The first-order valence-corrected chi connectivity index (χ1v) is 9.19. The Morgan fingerprint density at radius 2 is 1.46 bits per heavy atom. The largest absolute Gasteiger partial charge is 0.493 e. The van der Waals surface area contributed by atoms with Crippen molar-refractivity contribution in [2.75, 3.05) is 14.2 Å². The molecule has 3 rings (SSSR count). The van der Waals surface area contributed by atoms with Crippen molar-refractivity contribution in [3.63, 3.8) is 0 Å². The number of ether oxygens (including phenoxy) is 2. The van der Waals surface area contributed by atoms with Crippen LogP contribution in [-0.2, 0) is 5.41 Å². The van der Waals surface area contributed by atoms with Gasteiger partial charge in [-0.05, 0) is 46.2 Å². The van der Waals surface area contributed by atoms with Crippen LogP contribution in [0.3, 0.4) is 0 Å². The zero-order valence-electron chi connectivity index (χ0n) is 15.3. The minimum Gasteiger partial charge on any atom is -0.493 e. The molecule has 0 N–H and O–H groups in total. The SMILES string of the molecule is COc1cc2c(cc1OC)C(C)(C)C(C)(C)[C@H]2Sc1ccccc1. The molecular formula is C21H26O2S. The lowest BCUT2D eigenvalue weighted by molar-refractivity contribution is 0.220. The van der Waals surface area contributed by atoms with Crippen LogP contribution < -0.4 is 9.47 Å². The lowest BCUT2D eigenvalue weighted by Gasteiger charge is -2.39. The molecule has 0 spiro atoms. The van der Waals surface area contributed by atoms with E-state index in [0.29, 0.717) is 5.25 Å². The highest BCUT2D eigenvalue weighted by atomic mass is 32.2. The third-order valence-corrected chi connectivity index (χ3v) is 7.40. The molecule has 0 saturated heterocycles. The van der Waals surface area contributed by atoms with Crippen molar-refractivity contribution < 1.29 is 9.47 Å². The van der Waals surface area contributed by atoms with Gasteiger partial charge < -0.3 is 9.47 Å². The molecule has 2 nitrogen and oxygen atoms in total. The van der Waals surface area contributed by atoms with Crippen molar-refractivity contribution in [1.29, 1.82) is 0 Å². The van der Waals surface area contributed by atoms with Gasteiger partial charge >= 0.3 is 0 Å². The first-order valence-electron chi connectivity index (χ1n) is 8.31. The van der Waals surface area contributed by atoms with Gasteiger partial charge in [0.05, 0.1) is 14.2 Å². The van der Waals surface area contributed by atoms with Crippen LogP contribution in [0.25, 0.3) is 0 Å². The van der Waals surface area contributed by atoms with Gasteiger partial charge in [-0.2, -0.15) is 0 Å². The summed E-state index contributed by atoms with van der Waals surface area (Å²) in [5.41, 5.74) is 2.87. The van der Waals surface area contributed by atoms with Gasteiger partial charge in [0, 0.05) is 10.1 Å². The van der Waals surface area contributed by atoms with Gasteiger partial charge in [0.15, 0.2) is 11.5 Å². The first kappa shape index (κ1) is 17.2. The van der Waals surface area contributed by atoms with Crippen LogP contribution in [0, 0.1) is 5.41 Å². The van der Waals surface area contributed by atoms with Crippen LogP contribution in [0.2, 0.25) is 0 Å². The van der Waals surface area contributed by atoms with Gasteiger partial charge in [0.2, 0.25) is 0 Å². The maximum Gasteiger partial charge on any atom is 0.161 e. The van der Waals surface area contributed by atoms with Crippen LogP contribution in [0.1, 0.15) is 44.1 Å².